The molecule has 1 N–H and O–H groups in total. The van der Waals surface area contributed by atoms with Crippen LogP contribution in [-0.4, -0.2) is 44.7 Å². The van der Waals surface area contributed by atoms with E-state index in [0.29, 0.717) is 39.6 Å². The van der Waals surface area contributed by atoms with Gasteiger partial charge in [0.1, 0.15) is 0 Å². The van der Waals surface area contributed by atoms with Crippen molar-refractivity contribution in [1.82, 2.24) is 0 Å². The number of aliphatic hydroxyl groups excluding tert-OH is 1. The number of aliphatic hydroxyl groups is 1. The molecule has 0 heterocycles. The smallest absolute Gasteiger partial charge is 0.0718 e. The molecule has 0 aromatic heterocycles. The van der Waals surface area contributed by atoms with Gasteiger partial charge in [-0.05, 0) is 12.5 Å². The van der Waals surface area contributed by atoms with Crippen molar-refractivity contribution in [2.45, 2.75) is 13.5 Å². The first-order valence-corrected chi connectivity index (χ1v) is 6.22. The topological polar surface area (TPSA) is 47.9 Å². The van der Waals surface area contributed by atoms with Crippen molar-refractivity contribution in [3.63, 3.8) is 0 Å². The first kappa shape index (κ1) is 15.1. The van der Waals surface area contributed by atoms with Gasteiger partial charge in [-0.15, -0.1) is 0 Å². The van der Waals surface area contributed by atoms with E-state index >= 15 is 0 Å². The molecule has 0 atom stereocenters. The van der Waals surface area contributed by atoms with Crippen LogP contribution in [0.1, 0.15) is 11.1 Å². The Morgan fingerprint density at radius 2 is 1.39 bits per heavy atom. The van der Waals surface area contributed by atoms with Gasteiger partial charge >= 0.3 is 0 Å². The molecule has 0 radical (unpaired) electrons. The molecular formula is C14H22O4. The van der Waals surface area contributed by atoms with E-state index < -0.39 is 0 Å². The fourth-order valence-corrected chi connectivity index (χ4v) is 1.38. The molecule has 0 spiro atoms. The van der Waals surface area contributed by atoms with E-state index in [0.717, 1.165) is 0 Å². The Morgan fingerprint density at radius 3 is 2.00 bits per heavy atom. The van der Waals surface area contributed by atoms with Crippen LogP contribution in [0.25, 0.3) is 0 Å². The van der Waals surface area contributed by atoms with Crippen molar-refractivity contribution in [3.05, 3.63) is 35.4 Å². The van der Waals surface area contributed by atoms with Crippen molar-refractivity contribution in [1.29, 1.82) is 0 Å². The minimum atomic E-state index is 0.0552. The Balaban J connectivity index is 1.91. The predicted octanol–water partition coefficient (Wildman–Crippen LogP) is 1.54. The number of hydrogen-bond donors (Lipinski definition) is 1. The Kier molecular flexibility index (Phi) is 8.42. The molecular weight excluding hydrogens is 232 g/mol. The maximum atomic E-state index is 8.48. The SMILES string of the molecule is Cc1ccc(COCCOCCOCCO)cc1. The van der Waals surface area contributed by atoms with Crippen LogP contribution < -0.4 is 0 Å². The third kappa shape index (κ3) is 7.40. The summed E-state index contributed by atoms with van der Waals surface area (Å²) in [5.41, 5.74) is 2.43. The van der Waals surface area contributed by atoms with Gasteiger partial charge in [0.05, 0.1) is 46.2 Å². The third-order valence-electron chi connectivity index (χ3n) is 2.37. The van der Waals surface area contributed by atoms with Crippen LogP contribution in [0, 0.1) is 6.92 Å². The third-order valence-corrected chi connectivity index (χ3v) is 2.37. The van der Waals surface area contributed by atoms with E-state index in [1.165, 1.54) is 11.1 Å². The second kappa shape index (κ2) is 10.0. The van der Waals surface area contributed by atoms with E-state index in [1.807, 2.05) is 0 Å². The van der Waals surface area contributed by atoms with Gasteiger partial charge in [0.2, 0.25) is 0 Å². The van der Waals surface area contributed by atoms with Gasteiger partial charge in [0.15, 0.2) is 0 Å². The molecule has 0 aliphatic heterocycles. The first-order chi connectivity index (χ1) is 8.83. The molecule has 1 aromatic carbocycles. The summed E-state index contributed by atoms with van der Waals surface area (Å²) in [6, 6.07) is 8.29. The molecule has 0 saturated carbocycles. The van der Waals surface area contributed by atoms with Gasteiger partial charge in [-0.25, -0.2) is 0 Å². The first-order valence-electron chi connectivity index (χ1n) is 6.22. The molecule has 0 bridgehead atoms. The largest absolute Gasteiger partial charge is 0.394 e. The summed E-state index contributed by atoms with van der Waals surface area (Å²) >= 11 is 0. The Morgan fingerprint density at radius 1 is 0.833 bits per heavy atom. The van der Waals surface area contributed by atoms with Crippen molar-refractivity contribution in [3.8, 4) is 0 Å². The molecule has 0 aliphatic carbocycles. The van der Waals surface area contributed by atoms with Gasteiger partial charge < -0.3 is 19.3 Å². The fraction of sp³-hybridized carbons (Fsp3) is 0.571. The number of ether oxygens (including phenoxy) is 3. The van der Waals surface area contributed by atoms with E-state index in [2.05, 4.69) is 31.2 Å². The van der Waals surface area contributed by atoms with Crippen molar-refractivity contribution >= 4 is 0 Å². The Bertz CT molecular complexity index is 297. The summed E-state index contributed by atoms with van der Waals surface area (Å²) in [6.07, 6.45) is 0. The summed E-state index contributed by atoms with van der Waals surface area (Å²) in [5, 5.41) is 8.48. The second-order valence-corrected chi connectivity index (χ2v) is 3.99. The average Bonchev–Trinajstić information content (AvgIpc) is 2.39. The summed E-state index contributed by atoms with van der Waals surface area (Å²) in [7, 11) is 0. The van der Waals surface area contributed by atoms with E-state index in [4.69, 9.17) is 19.3 Å². The van der Waals surface area contributed by atoms with Crippen LogP contribution in [0.5, 0.6) is 0 Å². The number of hydrogen-bond acceptors (Lipinski definition) is 4. The standard InChI is InChI=1S/C14H22O4/c1-13-2-4-14(5-3-13)12-18-11-10-17-9-8-16-7-6-15/h2-5,15H,6-12H2,1H3. The molecule has 0 fully saturated rings. The van der Waals surface area contributed by atoms with Gasteiger partial charge in [0.25, 0.3) is 0 Å². The summed E-state index contributed by atoms with van der Waals surface area (Å²) < 4.78 is 15.8. The van der Waals surface area contributed by atoms with Crippen LogP contribution >= 0.6 is 0 Å². The zero-order valence-corrected chi connectivity index (χ0v) is 10.9. The quantitative estimate of drug-likeness (QED) is 0.643. The minimum Gasteiger partial charge on any atom is -0.394 e. The lowest BCUT2D eigenvalue weighted by molar-refractivity contribution is 0.00450. The molecule has 4 heteroatoms. The van der Waals surface area contributed by atoms with Crippen LogP contribution in [0.15, 0.2) is 24.3 Å². The number of aryl methyl sites for hydroxylation is 1. The summed E-state index contributed by atoms with van der Waals surface area (Å²) in [5.74, 6) is 0. The molecule has 1 rings (SSSR count). The number of benzene rings is 1. The summed E-state index contributed by atoms with van der Waals surface area (Å²) in [4.78, 5) is 0. The lowest BCUT2D eigenvalue weighted by Gasteiger charge is -2.06. The Labute approximate surface area is 108 Å². The van der Waals surface area contributed by atoms with Gasteiger partial charge in [-0.3, -0.25) is 0 Å². The highest BCUT2D eigenvalue weighted by atomic mass is 16.5. The van der Waals surface area contributed by atoms with Crippen molar-refractivity contribution in [2.75, 3.05) is 39.6 Å². The van der Waals surface area contributed by atoms with Crippen molar-refractivity contribution < 1.29 is 19.3 Å². The zero-order chi connectivity index (χ0) is 13.1. The van der Waals surface area contributed by atoms with Crippen LogP contribution in [0.2, 0.25) is 0 Å². The molecule has 18 heavy (non-hydrogen) atoms. The maximum Gasteiger partial charge on any atom is 0.0718 e. The van der Waals surface area contributed by atoms with Crippen LogP contribution in [-0.2, 0) is 20.8 Å². The van der Waals surface area contributed by atoms with Crippen LogP contribution in [0.4, 0.5) is 0 Å². The van der Waals surface area contributed by atoms with Gasteiger partial charge in [0, 0.05) is 0 Å². The lowest BCUT2D eigenvalue weighted by Crippen LogP contribution is -2.10. The predicted molar refractivity (Wildman–Crippen MR) is 69.6 cm³/mol. The van der Waals surface area contributed by atoms with E-state index in [1.54, 1.807) is 0 Å². The monoisotopic (exact) mass is 254 g/mol. The minimum absolute atomic E-state index is 0.0552. The summed E-state index contributed by atoms with van der Waals surface area (Å²) in [6.45, 7) is 5.30. The second-order valence-electron chi connectivity index (χ2n) is 3.99. The average molecular weight is 254 g/mol. The molecule has 0 aliphatic rings. The molecule has 4 nitrogen and oxygen atoms in total. The lowest BCUT2D eigenvalue weighted by atomic mass is 10.2. The normalized spacial score (nSPS) is 10.8. The highest BCUT2D eigenvalue weighted by Crippen LogP contribution is 2.04. The number of rotatable bonds is 10. The van der Waals surface area contributed by atoms with Crippen molar-refractivity contribution in [2.24, 2.45) is 0 Å². The molecule has 0 unspecified atom stereocenters. The zero-order valence-electron chi connectivity index (χ0n) is 10.9. The highest BCUT2D eigenvalue weighted by molar-refractivity contribution is 5.20. The fourth-order valence-electron chi connectivity index (χ4n) is 1.38. The van der Waals surface area contributed by atoms with E-state index in [-0.39, 0.29) is 6.61 Å². The molecule has 1 aromatic rings. The van der Waals surface area contributed by atoms with E-state index in [9.17, 15) is 0 Å². The Hall–Kier alpha value is -0.940. The molecule has 102 valence electrons. The molecule has 0 saturated heterocycles. The molecule has 0 amide bonds. The highest BCUT2D eigenvalue weighted by Gasteiger charge is 1.94. The van der Waals surface area contributed by atoms with Crippen LogP contribution in [0.3, 0.4) is 0 Å². The van der Waals surface area contributed by atoms with Gasteiger partial charge in [-0.1, -0.05) is 29.8 Å². The maximum absolute atomic E-state index is 8.48. The van der Waals surface area contributed by atoms with Gasteiger partial charge in [-0.2, -0.15) is 0 Å².